The summed E-state index contributed by atoms with van der Waals surface area (Å²) in [7, 11) is 1.31. The van der Waals surface area contributed by atoms with E-state index >= 15 is 0 Å². The Morgan fingerprint density at radius 2 is 2.00 bits per heavy atom. The quantitative estimate of drug-likeness (QED) is 0.679. The zero-order chi connectivity index (χ0) is 20.4. The monoisotopic (exact) mass is 406 g/mol. The minimum atomic E-state index is -0.835. The molecule has 0 saturated heterocycles. The number of hydrogen-bond acceptors (Lipinski definition) is 4. The fourth-order valence-corrected chi connectivity index (χ4v) is 2.74. The fourth-order valence-electron chi connectivity index (χ4n) is 2.52. The molecule has 0 aliphatic heterocycles. The van der Waals surface area contributed by atoms with Gasteiger partial charge in [0.2, 0.25) is 0 Å². The van der Waals surface area contributed by atoms with E-state index in [1.54, 1.807) is 0 Å². The molecule has 0 spiro atoms. The summed E-state index contributed by atoms with van der Waals surface area (Å²) in [5, 5.41) is 6.61. The minimum absolute atomic E-state index is 0.00521. The van der Waals surface area contributed by atoms with Gasteiger partial charge in [-0.25, -0.2) is 13.5 Å². The van der Waals surface area contributed by atoms with Crippen LogP contribution in [-0.2, 0) is 0 Å². The van der Waals surface area contributed by atoms with Gasteiger partial charge in [-0.2, -0.15) is 5.10 Å². The maximum absolute atomic E-state index is 13.9. The number of nitrogens with one attached hydrogen (secondary N) is 1. The van der Waals surface area contributed by atoms with Gasteiger partial charge in [0.1, 0.15) is 11.5 Å². The molecule has 0 unspecified atom stereocenters. The normalized spacial score (nSPS) is 10.6. The number of halogens is 3. The molecule has 28 heavy (non-hydrogen) atoms. The Hall–Kier alpha value is -3.46. The Morgan fingerprint density at radius 3 is 2.64 bits per heavy atom. The van der Waals surface area contributed by atoms with Crippen LogP contribution in [0.5, 0.6) is 5.75 Å². The number of nitrogens with two attached hydrogens (primary N) is 1. The Balaban J connectivity index is 1.91. The molecular weight excluding hydrogens is 394 g/mol. The molecule has 0 atom stereocenters. The lowest BCUT2D eigenvalue weighted by Gasteiger charge is -2.13. The van der Waals surface area contributed by atoms with Gasteiger partial charge >= 0.3 is 0 Å². The van der Waals surface area contributed by atoms with Crippen LogP contribution in [0.1, 0.15) is 20.7 Å². The van der Waals surface area contributed by atoms with Gasteiger partial charge in [0.15, 0.2) is 11.6 Å². The van der Waals surface area contributed by atoms with Gasteiger partial charge in [0.05, 0.1) is 30.1 Å². The van der Waals surface area contributed by atoms with Crippen LogP contribution in [0.2, 0.25) is 5.02 Å². The number of benzene rings is 2. The summed E-state index contributed by atoms with van der Waals surface area (Å²) in [5.74, 6) is -2.93. The van der Waals surface area contributed by atoms with Crippen molar-refractivity contribution in [3.8, 4) is 11.4 Å². The second kappa shape index (κ2) is 7.65. The maximum atomic E-state index is 13.9. The molecule has 144 valence electrons. The molecule has 0 aliphatic rings. The minimum Gasteiger partial charge on any atom is -0.494 e. The lowest BCUT2D eigenvalue weighted by atomic mass is 10.1. The number of carbonyl (C=O) groups is 2. The molecule has 2 aromatic carbocycles. The number of primary amides is 1. The van der Waals surface area contributed by atoms with E-state index in [-0.39, 0.29) is 33.3 Å². The molecule has 1 heterocycles. The average Bonchev–Trinajstić information content (AvgIpc) is 3.11. The Bertz CT molecular complexity index is 1080. The van der Waals surface area contributed by atoms with E-state index in [2.05, 4.69) is 10.4 Å². The zero-order valence-electron chi connectivity index (χ0n) is 14.4. The lowest BCUT2D eigenvalue weighted by molar-refractivity contribution is 0.0993. The first kappa shape index (κ1) is 19.3. The number of aromatic nitrogens is 2. The molecule has 3 aromatic rings. The Kier molecular flexibility index (Phi) is 5.27. The highest BCUT2D eigenvalue weighted by atomic mass is 35.5. The predicted octanol–water partition coefficient (Wildman–Crippen LogP) is 3.16. The van der Waals surface area contributed by atoms with Crippen molar-refractivity contribution in [1.82, 2.24) is 9.78 Å². The van der Waals surface area contributed by atoms with Gasteiger partial charge < -0.3 is 15.8 Å². The molecule has 10 heteroatoms. The maximum Gasteiger partial charge on any atom is 0.258 e. The summed E-state index contributed by atoms with van der Waals surface area (Å²) in [6.07, 6.45) is 2.46. The fraction of sp³-hybridized carbons (Fsp3) is 0.0556. The molecule has 0 radical (unpaired) electrons. The van der Waals surface area contributed by atoms with Crippen LogP contribution in [0.4, 0.5) is 14.5 Å². The highest BCUT2D eigenvalue weighted by Gasteiger charge is 2.19. The number of anilines is 1. The Morgan fingerprint density at radius 1 is 1.25 bits per heavy atom. The van der Waals surface area contributed by atoms with Crippen molar-refractivity contribution in [3.05, 3.63) is 70.5 Å². The van der Waals surface area contributed by atoms with E-state index in [4.69, 9.17) is 22.1 Å². The van der Waals surface area contributed by atoms with Gasteiger partial charge in [-0.3, -0.25) is 9.59 Å². The lowest BCUT2D eigenvalue weighted by Crippen LogP contribution is -2.16. The molecule has 0 saturated carbocycles. The smallest absolute Gasteiger partial charge is 0.258 e. The van der Waals surface area contributed by atoms with Crippen molar-refractivity contribution in [1.29, 1.82) is 0 Å². The second-order valence-corrected chi connectivity index (χ2v) is 6.06. The van der Waals surface area contributed by atoms with Gasteiger partial charge in [0.25, 0.3) is 11.8 Å². The largest absolute Gasteiger partial charge is 0.494 e. The Labute approximate surface area is 162 Å². The number of rotatable bonds is 5. The van der Waals surface area contributed by atoms with Crippen molar-refractivity contribution in [2.45, 2.75) is 0 Å². The van der Waals surface area contributed by atoms with Crippen LogP contribution in [0.25, 0.3) is 5.69 Å². The third kappa shape index (κ3) is 3.79. The molecule has 0 bridgehead atoms. The number of carbonyl (C=O) groups excluding carboxylic acids is 2. The summed E-state index contributed by atoms with van der Waals surface area (Å²) >= 11 is 5.96. The summed E-state index contributed by atoms with van der Waals surface area (Å²) in [6.45, 7) is 0. The first-order valence-electron chi connectivity index (χ1n) is 7.79. The third-order valence-corrected chi connectivity index (χ3v) is 3.99. The molecule has 0 aliphatic carbocycles. The SMILES string of the molecule is COc1c(NC(=O)c2cnn(-c3ccc(F)cc3F)c2)cc(Cl)cc1C(N)=O. The van der Waals surface area contributed by atoms with E-state index in [0.29, 0.717) is 6.07 Å². The van der Waals surface area contributed by atoms with Crippen molar-refractivity contribution in [3.63, 3.8) is 0 Å². The van der Waals surface area contributed by atoms with E-state index in [9.17, 15) is 18.4 Å². The van der Waals surface area contributed by atoms with Crippen LogP contribution < -0.4 is 15.8 Å². The number of amides is 2. The van der Waals surface area contributed by atoms with Gasteiger partial charge in [-0.15, -0.1) is 0 Å². The van der Waals surface area contributed by atoms with Crippen LogP contribution in [0, 0.1) is 11.6 Å². The van der Waals surface area contributed by atoms with Crippen LogP contribution >= 0.6 is 11.6 Å². The number of hydrogen-bond donors (Lipinski definition) is 2. The van der Waals surface area contributed by atoms with Crippen molar-refractivity contribution < 1.29 is 23.1 Å². The highest BCUT2D eigenvalue weighted by molar-refractivity contribution is 6.31. The molecular formula is C18H13ClF2N4O3. The predicted molar refractivity (Wildman–Crippen MR) is 98.0 cm³/mol. The van der Waals surface area contributed by atoms with Crippen molar-refractivity contribution >= 4 is 29.1 Å². The van der Waals surface area contributed by atoms with Crippen molar-refractivity contribution in [2.24, 2.45) is 5.73 Å². The van der Waals surface area contributed by atoms with Gasteiger partial charge in [-0.1, -0.05) is 11.6 Å². The second-order valence-electron chi connectivity index (χ2n) is 5.62. The van der Waals surface area contributed by atoms with Gasteiger partial charge in [0, 0.05) is 17.3 Å². The van der Waals surface area contributed by atoms with Crippen LogP contribution in [0.15, 0.2) is 42.7 Å². The van der Waals surface area contributed by atoms with Crippen molar-refractivity contribution in [2.75, 3.05) is 12.4 Å². The number of methoxy groups -OCH3 is 1. The van der Waals surface area contributed by atoms with Crippen LogP contribution in [-0.4, -0.2) is 28.7 Å². The van der Waals surface area contributed by atoms with E-state index < -0.39 is 23.4 Å². The molecule has 0 fully saturated rings. The average molecular weight is 407 g/mol. The summed E-state index contributed by atoms with van der Waals surface area (Å²) < 4.78 is 33.2. The molecule has 7 nitrogen and oxygen atoms in total. The van der Waals surface area contributed by atoms with E-state index in [0.717, 1.165) is 10.7 Å². The van der Waals surface area contributed by atoms with Crippen LogP contribution in [0.3, 0.4) is 0 Å². The number of nitrogens with zero attached hydrogens (tertiary/aromatic N) is 2. The summed E-state index contributed by atoms with van der Waals surface area (Å²) in [5.41, 5.74) is 5.46. The highest BCUT2D eigenvalue weighted by Crippen LogP contribution is 2.32. The molecule has 2 amide bonds. The first-order chi connectivity index (χ1) is 13.3. The molecule has 1 aromatic heterocycles. The van der Waals surface area contributed by atoms with E-state index in [1.807, 2.05) is 0 Å². The summed E-state index contributed by atoms with van der Waals surface area (Å²) in [6, 6.07) is 5.67. The zero-order valence-corrected chi connectivity index (χ0v) is 15.1. The topological polar surface area (TPSA) is 99.2 Å². The first-order valence-corrected chi connectivity index (χ1v) is 8.16. The van der Waals surface area contributed by atoms with Gasteiger partial charge in [-0.05, 0) is 24.3 Å². The third-order valence-electron chi connectivity index (χ3n) is 3.77. The standard InChI is InChI=1S/C18H13ClF2N4O3/c1-28-16-12(17(22)26)4-10(19)5-14(16)24-18(27)9-7-23-25(8-9)15-3-2-11(20)6-13(15)21/h2-8H,1H3,(H2,22,26)(H,24,27). The molecule has 3 rings (SSSR count). The number of ether oxygens (including phenoxy) is 1. The molecule has 3 N–H and O–H groups in total. The summed E-state index contributed by atoms with van der Waals surface area (Å²) in [4.78, 5) is 24.1. The van der Waals surface area contributed by atoms with E-state index in [1.165, 1.54) is 37.7 Å².